The molecular formula is C24H24CaI6N4O4. The van der Waals surface area contributed by atoms with E-state index >= 15 is 0 Å². The van der Waals surface area contributed by atoms with Gasteiger partial charge in [-0.25, -0.2) is 0 Å². The summed E-state index contributed by atoms with van der Waals surface area (Å²) in [5.41, 5.74) is 1.90. The van der Waals surface area contributed by atoms with Crippen LogP contribution in [0, 0.1) is 21.4 Å². The maximum absolute atomic E-state index is 10.9. The van der Waals surface area contributed by atoms with Crippen molar-refractivity contribution < 1.29 is 19.8 Å². The van der Waals surface area contributed by atoms with E-state index in [1.165, 1.54) is 0 Å². The van der Waals surface area contributed by atoms with Gasteiger partial charge in [-0.3, -0.25) is 9.98 Å². The summed E-state index contributed by atoms with van der Waals surface area (Å²) in [4.78, 5) is 34.1. The van der Waals surface area contributed by atoms with Crippen LogP contribution in [0.15, 0.2) is 34.3 Å². The molecule has 0 saturated heterocycles. The number of carbonyl (C=O) groups is 2. The third kappa shape index (κ3) is 16.0. The smallest absolute Gasteiger partial charge is 0.550 e. The van der Waals surface area contributed by atoms with Gasteiger partial charge in [0.25, 0.3) is 0 Å². The average Bonchev–Trinajstić information content (AvgIpc) is 2.73. The summed E-state index contributed by atoms with van der Waals surface area (Å²) >= 11 is 13.4. The van der Waals surface area contributed by atoms with Crippen LogP contribution in [-0.4, -0.2) is 100 Å². The molecule has 0 aliphatic rings. The fourth-order valence-corrected chi connectivity index (χ4v) is 11.5. The van der Waals surface area contributed by atoms with E-state index in [1.54, 1.807) is 22.5 Å². The Balaban J connectivity index is 0.000000722. The van der Waals surface area contributed by atoms with Crippen LogP contribution >= 0.6 is 136 Å². The van der Waals surface area contributed by atoms with Crippen LogP contribution in [0.25, 0.3) is 0 Å². The largest absolute Gasteiger partial charge is 2.00 e. The minimum Gasteiger partial charge on any atom is -0.550 e. The van der Waals surface area contributed by atoms with Gasteiger partial charge in [-0.1, -0.05) is 0 Å². The predicted molar refractivity (Wildman–Crippen MR) is 204 cm³/mol. The summed E-state index contributed by atoms with van der Waals surface area (Å²) < 4.78 is 6.34. The second kappa shape index (κ2) is 20.8. The van der Waals surface area contributed by atoms with E-state index < -0.39 is 24.0 Å². The van der Waals surface area contributed by atoms with Crippen molar-refractivity contribution in [3.05, 3.63) is 56.8 Å². The molecule has 8 nitrogen and oxygen atoms in total. The normalized spacial score (nSPS) is 12.4. The van der Waals surface area contributed by atoms with E-state index in [0.717, 1.165) is 32.5 Å². The Hall–Kier alpha value is 1.96. The van der Waals surface area contributed by atoms with E-state index in [2.05, 4.69) is 146 Å². The first-order valence-corrected chi connectivity index (χ1v) is 17.2. The summed E-state index contributed by atoms with van der Waals surface area (Å²) in [6.07, 6.45) is 3.04. The number of hydrogen-bond acceptors (Lipinski definition) is 6. The van der Waals surface area contributed by atoms with Gasteiger partial charge in [0.15, 0.2) is 0 Å². The molecule has 0 aliphatic heterocycles. The molecule has 2 atom stereocenters. The molecule has 39 heavy (non-hydrogen) atoms. The number of rotatable bonds is 10. The third-order valence-electron chi connectivity index (χ3n) is 4.43. The standard InChI is InChI=1S/2C12H13I3N2O2.Ca/c2*1-17(2)6-16-10(5-11(18)19)12-8(14)3-7(13)4-9(12)15;/h2*3-4,6,10H,5H2,1-2H3,(H,18,19);/q;;+2/p-2. The summed E-state index contributed by atoms with van der Waals surface area (Å²) in [5, 5.41) is 21.8. The number of benzene rings is 2. The van der Waals surface area contributed by atoms with Crippen LogP contribution in [0.4, 0.5) is 0 Å². The van der Waals surface area contributed by atoms with Crippen LogP contribution in [-0.2, 0) is 9.59 Å². The third-order valence-corrected chi connectivity index (χ3v) is 9.24. The number of hydrogen-bond donors (Lipinski definition) is 0. The fourth-order valence-electron chi connectivity index (χ4n) is 2.95. The van der Waals surface area contributed by atoms with Crippen molar-refractivity contribution in [2.24, 2.45) is 9.98 Å². The molecule has 0 fully saturated rings. The molecule has 0 heterocycles. The maximum atomic E-state index is 10.9. The monoisotopic (exact) mass is 1230 g/mol. The van der Waals surface area contributed by atoms with Gasteiger partial charge >= 0.3 is 37.7 Å². The fraction of sp³-hybridized carbons (Fsp3) is 0.333. The minimum atomic E-state index is -1.09. The average molecular weight is 1230 g/mol. The molecule has 2 unspecified atom stereocenters. The van der Waals surface area contributed by atoms with Crippen LogP contribution in [0.3, 0.4) is 0 Å². The number of carbonyl (C=O) groups excluding carboxylic acids is 2. The molecule has 0 N–H and O–H groups in total. The molecule has 0 saturated carbocycles. The predicted octanol–water partition coefficient (Wildman–Crippen LogP) is 4.16. The Morgan fingerprint density at radius 2 is 0.949 bits per heavy atom. The zero-order valence-electron chi connectivity index (χ0n) is 21.4. The Morgan fingerprint density at radius 3 is 1.15 bits per heavy atom. The van der Waals surface area contributed by atoms with Crippen molar-refractivity contribution in [1.82, 2.24) is 9.80 Å². The molecule has 2 rings (SSSR count). The number of aliphatic imine (C=N–C) groups is 2. The van der Waals surface area contributed by atoms with Crippen molar-refractivity contribution in [2.45, 2.75) is 24.9 Å². The van der Waals surface area contributed by atoms with Crippen molar-refractivity contribution in [1.29, 1.82) is 0 Å². The Labute approximate surface area is 341 Å². The molecule has 0 aliphatic carbocycles. The molecule has 208 valence electrons. The van der Waals surface area contributed by atoms with Crippen LogP contribution in [0.5, 0.6) is 0 Å². The Kier molecular flexibility index (Phi) is 21.9. The van der Waals surface area contributed by atoms with Gasteiger partial charge in [0.2, 0.25) is 0 Å². The van der Waals surface area contributed by atoms with E-state index in [1.807, 2.05) is 52.5 Å². The molecule has 0 aromatic heterocycles. The number of halogens is 6. The number of nitrogens with zero attached hydrogens (tertiary/aromatic N) is 4. The first-order valence-electron chi connectivity index (χ1n) is 10.7. The molecule has 2 aromatic carbocycles. The minimum absolute atomic E-state index is 0. The molecule has 0 amide bonds. The van der Waals surface area contributed by atoms with Gasteiger partial charge < -0.3 is 29.6 Å². The second-order valence-electron chi connectivity index (χ2n) is 8.21. The van der Waals surface area contributed by atoms with Crippen molar-refractivity contribution in [3.63, 3.8) is 0 Å². The van der Waals surface area contributed by atoms with Crippen molar-refractivity contribution in [3.8, 4) is 0 Å². The van der Waals surface area contributed by atoms with E-state index in [-0.39, 0.29) is 50.6 Å². The van der Waals surface area contributed by atoms with E-state index in [4.69, 9.17) is 0 Å². The topological polar surface area (TPSA) is 111 Å². The van der Waals surface area contributed by atoms with Gasteiger partial charge in [-0.15, -0.1) is 0 Å². The molecule has 2 aromatic rings. The second-order valence-corrected chi connectivity index (χ2v) is 15.3. The van der Waals surface area contributed by atoms with Crippen LogP contribution in [0.1, 0.15) is 36.1 Å². The zero-order chi connectivity index (χ0) is 29.2. The van der Waals surface area contributed by atoms with Gasteiger partial charge in [0.1, 0.15) is 0 Å². The summed E-state index contributed by atoms with van der Waals surface area (Å²) in [7, 11) is 7.40. The molecule has 15 heteroatoms. The van der Waals surface area contributed by atoms with Crippen molar-refractivity contribution >= 4 is 198 Å². The Bertz CT molecular complexity index is 1060. The first kappa shape index (κ1) is 41.0. The summed E-state index contributed by atoms with van der Waals surface area (Å²) in [6.45, 7) is 0. The van der Waals surface area contributed by atoms with Gasteiger partial charge in [0.05, 0.1) is 24.8 Å². The van der Waals surface area contributed by atoms with Crippen LogP contribution in [0.2, 0.25) is 0 Å². The van der Waals surface area contributed by atoms with E-state index in [9.17, 15) is 19.8 Å². The summed E-state index contributed by atoms with van der Waals surface area (Å²) in [5.74, 6) is -2.18. The summed E-state index contributed by atoms with van der Waals surface area (Å²) in [6, 6.07) is 7.25. The SMILES string of the molecule is CN(C)C=NC(CC(=O)[O-])c1c(I)cc(I)cc1I.CN(C)C=NC(CC(=O)[O-])c1c(I)cc(I)cc1I.[Ca+2]. The number of carboxylic acids is 2. The van der Waals surface area contributed by atoms with Crippen molar-refractivity contribution in [2.75, 3.05) is 28.2 Å². The number of carboxylic acid groups (broad SMARTS) is 2. The quantitative estimate of drug-likeness (QED) is 0.153. The zero-order valence-corrected chi connectivity index (χ0v) is 36.6. The molecule has 0 spiro atoms. The van der Waals surface area contributed by atoms with Gasteiger partial charge in [0, 0.05) is 85.5 Å². The molecular weight excluding hydrogens is 1210 g/mol. The van der Waals surface area contributed by atoms with E-state index in [0.29, 0.717) is 0 Å². The maximum Gasteiger partial charge on any atom is 2.00 e. The molecule has 0 radical (unpaired) electrons. The Morgan fingerprint density at radius 1 is 0.692 bits per heavy atom. The molecule has 0 bridgehead atoms. The van der Waals surface area contributed by atoms with Gasteiger partial charge in [-0.2, -0.15) is 0 Å². The number of aliphatic carboxylic acids is 2. The first-order chi connectivity index (χ1) is 17.6. The van der Waals surface area contributed by atoms with Crippen LogP contribution < -0.4 is 10.2 Å². The van der Waals surface area contributed by atoms with Gasteiger partial charge in [-0.05, 0) is 160 Å².